The van der Waals surface area contributed by atoms with E-state index in [2.05, 4.69) is 73.3 Å². The smallest absolute Gasteiger partial charge is 0.258 e. The number of piperidine rings is 1. The van der Waals surface area contributed by atoms with Crippen LogP contribution in [0.1, 0.15) is 76.9 Å². The van der Waals surface area contributed by atoms with Crippen molar-refractivity contribution in [2.24, 2.45) is 5.92 Å². The van der Waals surface area contributed by atoms with Crippen LogP contribution >= 0.6 is 0 Å². The molecule has 0 saturated carbocycles. The van der Waals surface area contributed by atoms with Crippen molar-refractivity contribution in [3.8, 4) is 0 Å². The first kappa shape index (κ1) is 21.7. The van der Waals surface area contributed by atoms with E-state index in [1.807, 2.05) is 10.7 Å². The minimum absolute atomic E-state index is 0.0447. The first-order chi connectivity index (χ1) is 14.8. The Balaban J connectivity index is 1.89. The van der Waals surface area contributed by atoms with E-state index in [0.717, 1.165) is 67.0 Å². The van der Waals surface area contributed by atoms with E-state index >= 15 is 0 Å². The van der Waals surface area contributed by atoms with Crippen LogP contribution in [0, 0.1) is 5.92 Å². The Hall–Kier alpha value is -2.54. The molecular formula is C24H35N6O+. The molecule has 166 valence electrons. The number of hydrogen-bond acceptors (Lipinski definition) is 4. The SMILES string of the molecule is CCc1ccc2[nH]c(=O)c([C@H](c3nnnn3C(C)(C)CC)[NH+]3CCC(C)CC3)cc2c1. The second-order valence-electron chi connectivity index (χ2n) is 9.72. The van der Waals surface area contributed by atoms with E-state index in [0.29, 0.717) is 0 Å². The van der Waals surface area contributed by atoms with E-state index in [4.69, 9.17) is 0 Å². The average Bonchev–Trinajstić information content (AvgIpc) is 3.25. The number of aromatic amines is 1. The lowest BCUT2D eigenvalue weighted by Crippen LogP contribution is -3.13. The Morgan fingerprint density at radius 1 is 1.23 bits per heavy atom. The summed E-state index contributed by atoms with van der Waals surface area (Å²) in [6, 6.07) is 8.15. The molecule has 1 aliphatic rings. The van der Waals surface area contributed by atoms with Gasteiger partial charge in [-0.2, -0.15) is 0 Å². The zero-order valence-corrected chi connectivity index (χ0v) is 19.4. The lowest BCUT2D eigenvalue weighted by molar-refractivity contribution is -0.932. The summed E-state index contributed by atoms with van der Waals surface area (Å²) in [5.74, 6) is 1.50. The van der Waals surface area contributed by atoms with Gasteiger partial charge in [-0.05, 0) is 85.0 Å². The fourth-order valence-electron chi connectivity index (χ4n) is 4.63. The lowest BCUT2D eigenvalue weighted by atomic mass is 9.94. The number of benzene rings is 1. The number of quaternary nitrogens is 1. The third-order valence-corrected chi connectivity index (χ3v) is 7.17. The standard InChI is InChI=1S/C24H34N6O/c1-6-17-8-9-20-18(14-17)15-19(23(31)25-20)21(29-12-10-16(3)11-13-29)22-26-27-28-30(22)24(4,5)7-2/h8-9,14-16,21H,6-7,10-13H2,1-5H3,(H,25,31)/p+1/t21-/m1/s1. The molecule has 0 aliphatic carbocycles. The number of nitrogens with one attached hydrogen (secondary N) is 2. The summed E-state index contributed by atoms with van der Waals surface area (Å²) in [5.41, 5.74) is 2.63. The monoisotopic (exact) mass is 423 g/mol. The number of likely N-dealkylation sites (tertiary alicyclic amines) is 1. The first-order valence-electron chi connectivity index (χ1n) is 11.6. The molecule has 3 heterocycles. The molecule has 1 aliphatic heterocycles. The Kier molecular flexibility index (Phi) is 5.97. The molecule has 1 atom stereocenters. The molecule has 0 radical (unpaired) electrons. The van der Waals surface area contributed by atoms with Crippen LogP contribution in [-0.2, 0) is 12.0 Å². The minimum atomic E-state index is -0.224. The fraction of sp³-hybridized carbons (Fsp3) is 0.583. The van der Waals surface area contributed by atoms with Crippen molar-refractivity contribution in [1.82, 2.24) is 25.2 Å². The predicted molar refractivity (Wildman–Crippen MR) is 122 cm³/mol. The number of rotatable bonds is 6. The lowest BCUT2D eigenvalue weighted by Gasteiger charge is -2.34. The number of hydrogen-bond donors (Lipinski definition) is 2. The number of aromatic nitrogens is 5. The third kappa shape index (κ3) is 4.15. The second-order valence-corrected chi connectivity index (χ2v) is 9.72. The van der Waals surface area contributed by atoms with Gasteiger partial charge in [0.25, 0.3) is 5.56 Å². The molecule has 0 spiro atoms. The van der Waals surface area contributed by atoms with Gasteiger partial charge in [0.2, 0.25) is 5.82 Å². The average molecular weight is 424 g/mol. The predicted octanol–water partition coefficient (Wildman–Crippen LogP) is 2.63. The van der Waals surface area contributed by atoms with Crippen LogP contribution in [0.5, 0.6) is 0 Å². The highest BCUT2D eigenvalue weighted by Gasteiger charge is 2.38. The third-order valence-electron chi connectivity index (χ3n) is 7.17. The Morgan fingerprint density at radius 3 is 2.65 bits per heavy atom. The largest absolute Gasteiger partial charge is 0.322 e. The van der Waals surface area contributed by atoms with Crippen LogP contribution in [0.15, 0.2) is 29.1 Å². The van der Waals surface area contributed by atoms with E-state index in [9.17, 15) is 4.79 Å². The van der Waals surface area contributed by atoms with Crippen LogP contribution in [-0.4, -0.2) is 38.3 Å². The number of fused-ring (bicyclic) bond motifs is 1. The van der Waals surface area contributed by atoms with Crippen LogP contribution in [0.25, 0.3) is 10.9 Å². The van der Waals surface area contributed by atoms with Gasteiger partial charge in [0.1, 0.15) is 0 Å². The van der Waals surface area contributed by atoms with Crippen molar-refractivity contribution in [1.29, 1.82) is 0 Å². The van der Waals surface area contributed by atoms with Gasteiger partial charge < -0.3 is 9.88 Å². The van der Waals surface area contributed by atoms with Crippen LogP contribution in [0.2, 0.25) is 0 Å². The molecule has 1 saturated heterocycles. The van der Waals surface area contributed by atoms with Crippen LogP contribution in [0.4, 0.5) is 0 Å². The summed E-state index contributed by atoms with van der Waals surface area (Å²) in [6.45, 7) is 12.9. The summed E-state index contributed by atoms with van der Waals surface area (Å²) in [4.78, 5) is 17.8. The molecule has 31 heavy (non-hydrogen) atoms. The molecular weight excluding hydrogens is 388 g/mol. The maximum absolute atomic E-state index is 13.3. The highest BCUT2D eigenvalue weighted by atomic mass is 16.1. The Morgan fingerprint density at radius 2 is 1.97 bits per heavy atom. The molecule has 2 N–H and O–H groups in total. The van der Waals surface area contributed by atoms with Crippen molar-refractivity contribution in [2.75, 3.05) is 13.1 Å². The molecule has 2 aromatic heterocycles. The van der Waals surface area contributed by atoms with Gasteiger partial charge in [0.05, 0.1) is 24.2 Å². The first-order valence-corrected chi connectivity index (χ1v) is 11.6. The normalized spacial score (nSPS) is 20.8. The topological polar surface area (TPSA) is 80.9 Å². The maximum Gasteiger partial charge on any atom is 0.258 e. The van der Waals surface area contributed by atoms with E-state index in [1.165, 1.54) is 10.5 Å². The minimum Gasteiger partial charge on any atom is -0.322 e. The Bertz CT molecular complexity index is 1110. The zero-order chi connectivity index (χ0) is 22.2. The second kappa shape index (κ2) is 8.54. The number of nitrogens with zero attached hydrogens (tertiary/aromatic N) is 4. The zero-order valence-electron chi connectivity index (χ0n) is 19.4. The van der Waals surface area contributed by atoms with Crippen LogP contribution < -0.4 is 10.5 Å². The van der Waals surface area contributed by atoms with Crippen molar-refractivity contribution < 1.29 is 4.90 Å². The van der Waals surface area contributed by atoms with Crippen LogP contribution in [0.3, 0.4) is 0 Å². The quantitative estimate of drug-likeness (QED) is 0.639. The summed E-state index contributed by atoms with van der Waals surface area (Å²) in [6.07, 6.45) is 4.16. The highest BCUT2D eigenvalue weighted by Crippen LogP contribution is 2.26. The number of aryl methyl sites for hydroxylation is 1. The van der Waals surface area contributed by atoms with E-state index < -0.39 is 0 Å². The number of tetrazole rings is 1. The molecule has 4 rings (SSSR count). The molecule has 0 unspecified atom stereocenters. The molecule has 1 aromatic carbocycles. The summed E-state index contributed by atoms with van der Waals surface area (Å²) in [7, 11) is 0. The van der Waals surface area contributed by atoms with Gasteiger partial charge in [-0.3, -0.25) is 4.79 Å². The maximum atomic E-state index is 13.3. The highest BCUT2D eigenvalue weighted by molar-refractivity contribution is 5.79. The van der Waals surface area contributed by atoms with Gasteiger partial charge in [-0.25, -0.2) is 4.68 Å². The van der Waals surface area contributed by atoms with Gasteiger partial charge in [0, 0.05) is 5.52 Å². The number of H-pyrrole nitrogens is 1. The molecule has 1 fully saturated rings. The van der Waals surface area contributed by atoms with Crippen molar-refractivity contribution >= 4 is 10.9 Å². The van der Waals surface area contributed by atoms with Crippen molar-refractivity contribution in [2.45, 2.75) is 71.9 Å². The van der Waals surface area contributed by atoms with Crippen molar-refractivity contribution in [3.63, 3.8) is 0 Å². The summed E-state index contributed by atoms with van der Waals surface area (Å²) < 4.78 is 1.94. The van der Waals surface area contributed by atoms with E-state index in [-0.39, 0.29) is 17.1 Å². The van der Waals surface area contributed by atoms with E-state index in [1.54, 1.807) is 0 Å². The summed E-state index contributed by atoms with van der Waals surface area (Å²) >= 11 is 0. The van der Waals surface area contributed by atoms with Gasteiger partial charge in [0.15, 0.2) is 6.04 Å². The molecule has 7 heteroatoms. The fourth-order valence-corrected chi connectivity index (χ4v) is 4.63. The van der Waals surface area contributed by atoms with Crippen molar-refractivity contribution in [3.05, 3.63) is 51.6 Å². The Labute approximate surface area is 183 Å². The summed E-state index contributed by atoms with van der Waals surface area (Å²) in [5, 5.41) is 14.0. The molecule has 0 amide bonds. The van der Waals surface area contributed by atoms with Gasteiger partial charge in [-0.15, -0.1) is 5.10 Å². The van der Waals surface area contributed by atoms with Gasteiger partial charge >= 0.3 is 0 Å². The molecule has 0 bridgehead atoms. The molecule has 7 nitrogen and oxygen atoms in total. The molecule has 3 aromatic rings. The number of pyridine rings is 1. The van der Waals surface area contributed by atoms with Gasteiger partial charge in [-0.1, -0.05) is 26.8 Å².